The molecule has 136 valence electrons. The summed E-state index contributed by atoms with van der Waals surface area (Å²) in [6.45, 7) is 3.09. The number of halogens is 1. The van der Waals surface area contributed by atoms with Crippen molar-refractivity contribution in [2.45, 2.75) is 24.9 Å². The molecule has 25 heavy (non-hydrogen) atoms. The monoisotopic (exact) mass is 349 g/mol. The average Bonchev–Trinajstić information content (AvgIpc) is 3.42. The van der Waals surface area contributed by atoms with Gasteiger partial charge in [0.15, 0.2) is 0 Å². The number of nitrogens with zero attached hydrogens (tertiary/aromatic N) is 2. The Balaban J connectivity index is 1.58. The van der Waals surface area contributed by atoms with Gasteiger partial charge in [-0.25, -0.2) is 9.18 Å². The van der Waals surface area contributed by atoms with Gasteiger partial charge in [-0.1, -0.05) is 12.1 Å². The first kappa shape index (κ1) is 17.8. The number of ether oxygens (including phenoxy) is 1. The standard InChI is InChI=1S/C18H24FN3O3/c1-25-18(24)17(13-2-4-14(19)5-3-13)22-10-8-21(9-11-22)12-16(23)20-15-6-7-15/h2-5,15,17H,6-12H2,1H3,(H,20,23). The summed E-state index contributed by atoms with van der Waals surface area (Å²) in [6.07, 6.45) is 2.16. The summed E-state index contributed by atoms with van der Waals surface area (Å²) < 4.78 is 18.1. The second kappa shape index (κ2) is 7.93. The van der Waals surface area contributed by atoms with Crippen LogP contribution in [0.3, 0.4) is 0 Å². The third kappa shape index (κ3) is 4.76. The van der Waals surface area contributed by atoms with E-state index in [-0.39, 0.29) is 17.7 Å². The molecule has 0 radical (unpaired) electrons. The number of benzene rings is 1. The van der Waals surface area contributed by atoms with E-state index in [1.54, 1.807) is 12.1 Å². The van der Waals surface area contributed by atoms with Crippen LogP contribution in [0, 0.1) is 5.82 Å². The highest BCUT2D eigenvalue weighted by molar-refractivity contribution is 5.79. The van der Waals surface area contributed by atoms with E-state index in [2.05, 4.69) is 10.2 Å². The maximum atomic E-state index is 13.2. The third-order valence-corrected chi connectivity index (χ3v) is 4.69. The Hall–Kier alpha value is -1.99. The number of carbonyl (C=O) groups is 2. The van der Waals surface area contributed by atoms with Gasteiger partial charge in [0.25, 0.3) is 0 Å². The Bertz CT molecular complexity index is 610. The van der Waals surface area contributed by atoms with Crippen LogP contribution in [-0.4, -0.2) is 67.6 Å². The number of rotatable bonds is 6. The summed E-state index contributed by atoms with van der Waals surface area (Å²) in [5.74, 6) is -0.621. The molecule has 3 rings (SSSR count). The fourth-order valence-corrected chi connectivity index (χ4v) is 3.14. The van der Waals surface area contributed by atoms with Crippen LogP contribution in [0.15, 0.2) is 24.3 Å². The first-order valence-corrected chi connectivity index (χ1v) is 8.66. The van der Waals surface area contributed by atoms with Crippen LogP contribution < -0.4 is 5.32 Å². The van der Waals surface area contributed by atoms with Crippen molar-refractivity contribution >= 4 is 11.9 Å². The lowest BCUT2D eigenvalue weighted by Gasteiger charge is -2.38. The third-order valence-electron chi connectivity index (χ3n) is 4.69. The smallest absolute Gasteiger partial charge is 0.327 e. The summed E-state index contributed by atoms with van der Waals surface area (Å²) in [4.78, 5) is 28.3. The van der Waals surface area contributed by atoms with Gasteiger partial charge in [-0.3, -0.25) is 14.6 Å². The fraction of sp³-hybridized carbons (Fsp3) is 0.556. The molecule has 1 N–H and O–H groups in total. The minimum atomic E-state index is -0.548. The lowest BCUT2D eigenvalue weighted by atomic mass is 10.0. The number of nitrogens with one attached hydrogen (secondary N) is 1. The number of amides is 1. The first-order chi connectivity index (χ1) is 12.1. The molecule has 6 nitrogen and oxygen atoms in total. The number of hydrogen-bond acceptors (Lipinski definition) is 5. The summed E-state index contributed by atoms with van der Waals surface area (Å²) in [5, 5.41) is 2.99. The highest BCUT2D eigenvalue weighted by Gasteiger charge is 2.32. The number of esters is 1. The molecule has 1 amide bonds. The molecule has 0 spiro atoms. The van der Waals surface area contributed by atoms with Crippen molar-refractivity contribution in [1.29, 1.82) is 0 Å². The highest BCUT2D eigenvalue weighted by Crippen LogP contribution is 2.24. The van der Waals surface area contributed by atoms with Gasteiger partial charge < -0.3 is 10.1 Å². The van der Waals surface area contributed by atoms with E-state index < -0.39 is 6.04 Å². The van der Waals surface area contributed by atoms with E-state index in [0.717, 1.165) is 12.8 Å². The van der Waals surface area contributed by atoms with Gasteiger partial charge in [0.1, 0.15) is 11.9 Å². The quantitative estimate of drug-likeness (QED) is 0.775. The molecular weight excluding hydrogens is 325 g/mol. The summed E-state index contributed by atoms with van der Waals surface area (Å²) in [6, 6.07) is 5.76. The largest absolute Gasteiger partial charge is 0.468 e. The van der Waals surface area contributed by atoms with E-state index in [0.29, 0.717) is 44.3 Å². The number of carbonyl (C=O) groups excluding carboxylic acids is 2. The van der Waals surface area contributed by atoms with E-state index in [1.807, 2.05) is 4.90 Å². The normalized spacial score (nSPS) is 20.1. The predicted octanol–water partition coefficient (Wildman–Crippen LogP) is 0.936. The lowest BCUT2D eigenvalue weighted by molar-refractivity contribution is -0.148. The van der Waals surface area contributed by atoms with E-state index in [4.69, 9.17) is 4.74 Å². The molecular formula is C18H24FN3O3. The number of piperazine rings is 1. The van der Waals surface area contributed by atoms with Gasteiger partial charge in [-0.15, -0.1) is 0 Å². The van der Waals surface area contributed by atoms with Crippen molar-refractivity contribution in [2.24, 2.45) is 0 Å². The topological polar surface area (TPSA) is 61.9 Å². The molecule has 1 saturated heterocycles. The molecule has 1 heterocycles. The maximum Gasteiger partial charge on any atom is 0.327 e. The zero-order valence-electron chi connectivity index (χ0n) is 14.4. The Morgan fingerprint density at radius 1 is 1.20 bits per heavy atom. The molecule has 1 aromatic carbocycles. The van der Waals surface area contributed by atoms with Crippen molar-refractivity contribution in [3.05, 3.63) is 35.6 Å². The van der Waals surface area contributed by atoms with Gasteiger partial charge in [0.2, 0.25) is 5.91 Å². The molecule has 1 aliphatic heterocycles. The predicted molar refractivity (Wildman–Crippen MR) is 90.3 cm³/mol. The summed E-state index contributed by atoms with van der Waals surface area (Å²) in [7, 11) is 1.36. The zero-order valence-corrected chi connectivity index (χ0v) is 14.4. The molecule has 7 heteroatoms. The zero-order chi connectivity index (χ0) is 17.8. The minimum Gasteiger partial charge on any atom is -0.468 e. The van der Waals surface area contributed by atoms with Crippen LogP contribution >= 0.6 is 0 Å². The van der Waals surface area contributed by atoms with Crippen LogP contribution in [-0.2, 0) is 14.3 Å². The van der Waals surface area contributed by atoms with Gasteiger partial charge in [0, 0.05) is 32.2 Å². The Labute approximate surface area is 146 Å². The Morgan fingerprint density at radius 3 is 2.40 bits per heavy atom. The van der Waals surface area contributed by atoms with Crippen LogP contribution in [0.25, 0.3) is 0 Å². The van der Waals surface area contributed by atoms with Crippen LogP contribution in [0.1, 0.15) is 24.4 Å². The Kier molecular flexibility index (Phi) is 5.65. The van der Waals surface area contributed by atoms with E-state index in [1.165, 1.54) is 19.2 Å². The van der Waals surface area contributed by atoms with Crippen molar-refractivity contribution in [1.82, 2.24) is 15.1 Å². The van der Waals surface area contributed by atoms with Gasteiger partial charge in [-0.2, -0.15) is 0 Å². The molecule has 2 fully saturated rings. The van der Waals surface area contributed by atoms with Gasteiger partial charge >= 0.3 is 5.97 Å². The van der Waals surface area contributed by atoms with Crippen LogP contribution in [0.4, 0.5) is 4.39 Å². The molecule has 2 aliphatic rings. The summed E-state index contributed by atoms with van der Waals surface area (Å²) >= 11 is 0. The molecule has 1 unspecified atom stereocenters. The van der Waals surface area contributed by atoms with Crippen molar-refractivity contribution in [3.8, 4) is 0 Å². The first-order valence-electron chi connectivity index (χ1n) is 8.66. The molecule has 0 aromatic heterocycles. The minimum absolute atomic E-state index is 0.0685. The molecule has 1 aromatic rings. The lowest BCUT2D eigenvalue weighted by Crippen LogP contribution is -2.51. The Morgan fingerprint density at radius 2 is 1.84 bits per heavy atom. The highest BCUT2D eigenvalue weighted by atomic mass is 19.1. The van der Waals surface area contributed by atoms with Gasteiger partial charge in [-0.05, 0) is 30.5 Å². The van der Waals surface area contributed by atoms with Gasteiger partial charge in [0.05, 0.1) is 13.7 Å². The van der Waals surface area contributed by atoms with Crippen LogP contribution in [0.5, 0.6) is 0 Å². The van der Waals surface area contributed by atoms with Crippen molar-refractivity contribution in [2.75, 3.05) is 39.8 Å². The average molecular weight is 349 g/mol. The van der Waals surface area contributed by atoms with E-state index in [9.17, 15) is 14.0 Å². The SMILES string of the molecule is COC(=O)C(c1ccc(F)cc1)N1CCN(CC(=O)NC2CC2)CC1. The molecule has 1 aliphatic carbocycles. The number of hydrogen-bond donors (Lipinski definition) is 1. The number of methoxy groups -OCH3 is 1. The fourth-order valence-electron chi connectivity index (χ4n) is 3.14. The van der Waals surface area contributed by atoms with Crippen molar-refractivity contribution in [3.63, 3.8) is 0 Å². The second-order valence-corrected chi connectivity index (χ2v) is 6.63. The van der Waals surface area contributed by atoms with Crippen molar-refractivity contribution < 1.29 is 18.7 Å². The maximum absolute atomic E-state index is 13.2. The second-order valence-electron chi connectivity index (χ2n) is 6.63. The molecule has 1 atom stereocenters. The van der Waals surface area contributed by atoms with Crippen LogP contribution in [0.2, 0.25) is 0 Å². The molecule has 0 bridgehead atoms. The molecule has 1 saturated carbocycles. The summed E-state index contributed by atoms with van der Waals surface area (Å²) in [5.41, 5.74) is 0.716. The van der Waals surface area contributed by atoms with E-state index >= 15 is 0 Å².